The van der Waals surface area contributed by atoms with Crippen LogP contribution in [0.25, 0.3) is 0 Å². The van der Waals surface area contributed by atoms with Crippen molar-refractivity contribution >= 4 is 0 Å². The summed E-state index contributed by atoms with van der Waals surface area (Å²) in [5.41, 5.74) is -0.485. The molecule has 0 spiro atoms. The molecule has 0 saturated heterocycles. The van der Waals surface area contributed by atoms with Gasteiger partial charge < -0.3 is 15.0 Å². The van der Waals surface area contributed by atoms with E-state index in [1.54, 1.807) is 0 Å². The first-order chi connectivity index (χ1) is 8.68. The summed E-state index contributed by atoms with van der Waals surface area (Å²) in [6.45, 7) is 2.93. The molecule has 0 amide bonds. The number of aromatic nitrogens is 2. The van der Waals surface area contributed by atoms with Gasteiger partial charge >= 0.3 is 0 Å². The SMILES string of the molecule is CC1CC(NCC2(O)CCCCC2)c2nccn21. The van der Waals surface area contributed by atoms with Gasteiger partial charge in [0.25, 0.3) is 0 Å². The van der Waals surface area contributed by atoms with Gasteiger partial charge in [0.1, 0.15) is 5.82 Å². The molecule has 4 nitrogen and oxygen atoms in total. The Morgan fingerprint density at radius 2 is 2.22 bits per heavy atom. The third kappa shape index (κ3) is 2.19. The van der Waals surface area contributed by atoms with E-state index >= 15 is 0 Å². The van der Waals surface area contributed by atoms with Gasteiger partial charge in [-0.05, 0) is 26.2 Å². The number of rotatable bonds is 3. The summed E-state index contributed by atoms with van der Waals surface area (Å²) in [6.07, 6.45) is 10.5. The van der Waals surface area contributed by atoms with Crippen molar-refractivity contribution in [2.75, 3.05) is 6.54 Å². The Morgan fingerprint density at radius 3 is 3.00 bits per heavy atom. The molecule has 1 fully saturated rings. The molecule has 2 unspecified atom stereocenters. The Bertz CT molecular complexity index is 409. The molecule has 18 heavy (non-hydrogen) atoms. The van der Waals surface area contributed by atoms with E-state index in [1.165, 1.54) is 6.42 Å². The van der Waals surface area contributed by atoms with Crippen LogP contribution < -0.4 is 5.32 Å². The Morgan fingerprint density at radius 1 is 1.44 bits per heavy atom. The van der Waals surface area contributed by atoms with Gasteiger partial charge in [-0.15, -0.1) is 0 Å². The van der Waals surface area contributed by atoms with E-state index in [2.05, 4.69) is 28.0 Å². The van der Waals surface area contributed by atoms with E-state index < -0.39 is 5.60 Å². The average Bonchev–Trinajstić information content (AvgIpc) is 2.93. The molecule has 0 aromatic carbocycles. The van der Waals surface area contributed by atoms with Gasteiger partial charge in [0.05, 0.1) is 11.6 Å². The Labute approximate surface area is 108 Å². The van der Waals surface area contributed by atoms with Crippen LogP contribution in [0.1, 0.15) is 63.4 Å². The predicted octanol–water partition coefficient (Wildman–Crippen LogP) is 2.17. The van der Waals surface area contributed by atoms with Crippen LogP contribution in [0.4, 0.5) is 0 Å². The van der Waals surface area contributed by atoms with Crippen molar-refractivity contribution in [3.8, 4) is 0 Å². The minimum atomic E-state index is -0.485. The molecule has 2 aliphatic rings. The fraction of sp³-hybridized carbons (Fsp3) is 0.786. The van der Waals surface area contributed by atoms with E-state index in [4.69, 9.17) is 0 Å². The smallest absolute Gasteiger partial charge is 0.126 e. The zero-order valence-corrected chi connectivity index (χ0v) is 11.1. The van der Waals surface area contributed by atoms with Crippen LogP contribution in [-0.4, -0.2) is 26.8 Å². The van der Waals surface area contributed by atoms with Gasteiger partial charge in [-0.2, -0.15) is 0 Å². The summed E-state index contributed by atoms with van der Waals surface area (Å²) >= 11 is 0. The van der Waals surface area contributed by atoms with Gasteiger partial charge in [-0.3, -0.25) is 0 Å². The van der Waals surface area contributed by atoms with Gasteiger partial charge in [0.2, 0.25) is 0 Å². The maximum atomic E-state index is 10.5. The first-order valence-corrected chi connectivity index (χ1v) is 7.16. The van der Waals surface area contributed by atoms with Crippen molar-refractivity contribution < 1.29 is 5.11 Å². The summed E-state index contributed by atoms with van der Waals surface area (Å²) in [6, 6.07) is 0.821. The number of hydrogen-bond donors (Lipinski definition) is 2. The van der Waals surface area contributed by atoms with Gasteiger partial charge in [0, 0.05) is 25.0 Å². The highest BCUT2D eigenvalue weighted by Gasteiger charge is 2.33. The Kier molecular flexibility index (Phi) is 3.16. The Balaban J connectivity index is 1.61. The summed E-state index contributed by atoms with van der Waals surface area (Å²) in [4.78, 5) is 4.43. The third-order valence-electron chi connectivity index (χ3n) is 4.52. The Hall–Kier alpha value is -0.870. The first kappa shape index (κ1) is 12.2. The second-order valence-electron chi connectivity index (χ2n) is 6.00. The van der Waals surface area contributed by atoms with Crippen LogP contribution in [0.5, 0.6) is 0 Å². The van der Waals surface area contributed by atoms with Gasteiger partial charge in [-0.1, -0.05) is 19.3 Å². The first-order valence-electron chi connectivity index (χ1n) is 7.16. The monoisotopic (exact) mass is 249 g/mol. The van der Waals surface area contributed by atoms with Crippen LogP contribution in [0, 0.1) is 0 Å². The fourth-order valence-electron chi connectivity index (χ4n) is 3.40. The van der Waals surface area contributed by atoms with Crippen molar-refractivity contribution in [1.29, 1.82) is 0 Å². The number of aliphatic hydroxyl groups is 1. The maximum Gasteiger partial charge on any atom is 0.126 e. The van der Waals surface area contributed by atoms with E-state index in [9.17, 15) is 5.11 Å². The highest BCUT2D eigenvalue weighted by molar-refractivity contribution is 5.08. The van der Waals surface area contributed by atoms with Gasteiger partial charge in [0.15, 0.2) is 0 Å². The second kappa shape index (κ2) is 4.67. The molecule has 100 valence electrons. The molecule has 0 radical (unpaired) electrons. The van der Waals surface area contributed by atoms with Crippen LogP contribution in [0.3, 0.4) is 0 Å². The standard InChI is InChI=1S/C14H23N3O/c1-11-9-12(13-15-7-8-17(11)13)16-10-14(18)5-3-2-4-6-14/h7-8,11-12,16,18H,2-6,9-10H2,1H3. The summed E-state index contributed by atoms with van der Waals surface area (Å²) in [5, 5.41) is 14.0. The minimum absolute atomic E-state index is 0.306. The molecule has 1 aromatic rings. The lowest BCUT2D eigenvalue weighted by Crippen LogP contribution is -2.43. The van der Waals surface area contributed by atoms with Crippen molar-refractivity contribution in [2.24, 2.45) is 0 Å². The van der Waals surface area contributed by atoms with Crippen molar-refractivity contribution in [2.45, 2.75) is 63.1 Å². The lowest BCUT2D eigenvalue weighted by Gasteiger charge is -2.33. The summed E-state index contributed by atoms with van der Waals surface area (Å²) < 4.78 is 2.24. The fourth-order valence-corrected chi connectivity index (χ4v) is 3.40. The van der Waals surface area contributed by atoms with Crippen molar-refractivity contribution in [3.63, 3.8) is 0 Å². The molecular weight excluding hydrogens is 226 g/mol. The lowest BCUT2D eigenvalue weighted by atomic mass is 9.84. The highest BCUT2D eigenvalue weighted by Crippen LogP contribution is 2.34. The molecule has 1 saturated carbocycles. The third-order valence-corrected chi connectivity index (χ3v) is 4.52. The maximum absolute atomic E-state index is 10.5. The largest absolute Gasteiger partial charge is 0.389 e. The average molecular weight is 249 g/mol. The lowest BCUT2D eigenvalue weighted by molar-refractivity contribution is 0.00244. The number of fused-ring (bicyclic) bond motifs is 1. The molecule has 0 bridgehead atoms. The van der Waals surface area contributed by atoms with E-state index in [0.717, 1.165) is 37.9 Å². The quantitative estimate of drug-likeness (QED) is 0.863. The number of nitrogens with zero attached hydrogens (tertiary/aromatic N) is 2. The van der Waals surface area contributed by atoms with Crippen molar-refractivity contribution in [3.05, 3.63) is 18.2 Å². The second-order valence-corrected chi connectivity index (χ2v) is 6.00. The normalized spacial score (nSPS) is 30.3. The number of hydrogen-bond acceptors (Lipinski definition) is 3. The predicted molar refractivity (Wildman–Crippen MR) is 70.3 cm³/mol. The van der Waals surface area contributed by atoms with Crippen LogP contribution >= 0.6 is 0 Å². The summed E-state index contributed by atoms with van der Waals surface area (Å²) in [5.74, 6) is 1.13. The molecular formula is C14H23N3O. The molecule has 2 heterocycles. The molecule has 4 heteroatoms. The van der Waals surface area contributed by atoms with Crippen LogP contribution in [0.15, 0.2) is 12.4 Å². The minimum Gasteiger partial charge on any atom is -0.389 e. The molecule has 2 atom stereocenters. The molecule has 3 rings (SSSR count). The van der Waals surface area contributed by atoms with Crippen LogP contribution in [0.2, 0.25) is 0 Å². The molecule has 1 aliphatic carbocycles. The molecule has 2 N–H and O–H groups in total. The molecule has 1 aliphatic heterocycles. The number of nitrogens with one attached hydrogen (secondary N) is 1. The van der Waals surface area contributed by atoms with E-state index in [1.807, 2.05) is 6.20 Å². The highest BCUT2D eigenvalue weighted by atomic mass is 16.3. The zero-order chi connectivity index (χ0) is 12.6. The van der Waals surface area contributed by atoms with E-state index in [-0.39, 0.29) is 0 Å². The number of imidazole rings is 1. The zero-order valence-electron chi connectivity index (χ0n) is 11.1. The van der Waals surface area contributed by atoms with Gasteiger partial charge in [-0.25, -0.2) is 4.98 Å². The van der Waals surface area contributed by atoms with E-state index in [0.29, 0.717) is 18.6 Å². The molecule has 1 aromatic heterocycles. The summed E-state index contributed by atoms with van der Waals surface area (Å²) in [7, 11) is 0. The van der Waals surface area contributed by atoms with Crippen LogP contribution in [-0.2, 0) is 0 Å². The topological polar surface area (TPSA) is 50.1 Å². The van der Waals surface area contributed by atoms with Crippen molar-refractivity contribution in [1.82, 2.24) is 14.9 Å².